The van der Waals surface area contributed by atoms with Crippen LogP contribution in [-0.4, -0.2) is 23.6 Å². The molecular weight excluding hydrogens is 294 g/mol. The Morgan fingerprint density at radius 2 is 1.96 bits per heavy atom. The molecule has 0 saturated heterocycles. The van der Waals surface area contributed by atoms with E-state index in [2.05, 4.69) is 5.32 Å². The molecule has 0 aliphatic rings. The van der Waals surface area contributed by atoms with Crippen LogP contribution in [0.4, 0.5) is 0 Å². The van der Waals surface area contributed by atoms with Crippen LogP contribution in [0.2, 0.25) is 0 Å². The first-order chi connectivity index (χ1) is 11.2. The molecule has 0 aliphatic heterocycles. The van der Waals surface area contributed by atoms with Crippen molar-refractivity contribution >= 4 is 5.91 Å². The van der Waals surface area contributed by atoms with Gasteiger partial charge in [0.1, 0.15) is 6.61 Å². The highest BCUT2D eigenvalue weighted by atomic mass is 16.5. The minimum absolute atomic E-state index is 0.127. The Morgan fingerprint density at radius 1 is 1.17 bits per heavy atom. The molecule has 122 valence electrons. The first-order valence-electron chi connectivity index (χ1n) is 7.53. The third-order valence-electron chi connectivity index (χ3n) is 3.27. The molecule has 2 rings (SSSR count). The van der Waals surface area contributed by atoms with Crippen molar-refractivity contribution in [2.24, 2.45) is 5.73 Å². The van der Waals surface area contributed by atoms with E-state index in [1.165, 1.54) is 4.57 Å². The number of carbonyl (C=O) groups is 1. The van der Waals surface area contributed by atoms with Crippen LogP contribution in [-0.2, 0) is 17.9 Å². The topological polar surface area (TPSA) is 86.3 Å². The van der Waals surface area contributed by atoms with Crippen LogP contribution in [0.1, 0.15) is 12.0 Å². The average molecular weight is 315 g/mol. The molecule has 2 aromatic rings. The number of carbonyl (C=O) groups excluding carboxylic acids is 1. The number of benzene rings is 1. The van der Waals surface area contributed by atoms with Crippen molar-refractivity contribution < 1.29 is 9.53 Å². The second-order valence-corrected chi connectivity index (χ2v) is 5.03. The van der Waals surface area contributed by atoms with Crippen LogP contribution in [0.5, 0.6) is 5.75 Å². The molecule has 0 fully saturated rings. The summed E-state index contributed by atoms with van der Waals surface area (Å²) >= 11 is 0. The lowest BCUT2D eigenvalue weighted by Gasteiger charge is -2.10. The van der Waals surface area contributed by atoms with Crippen LogP contribution in [0, 0.1) is 0 Å². The summed E-state index contributed by atoms with van der Waals surface area (Å²) in [5.74, 6) is 0.150. The van der Waals surface area contributed by atoms with Gasteiger partial charge in [-0.15, -0.1) is 0 Å². The van der Waals surface area contributed by atoms with E-state index in [4.69, 9.17) is 10.5 Å². The Labute approximate surface area is 134 Å². The maximum atomic E-state index is 12.3. The highest BCUT2D eigenvalue weighted by Crippen LogP contribution is 2.07. The van der Waals surface area contributed by atoms with Crippen molar-refractivity contribution in [3.05, 3.63) is 64.6 Å². The average Bonchev–Trinajstić information content (AvgIpc) is 2.59. The summed E-state index contributed by atoms with van der Waals surface area (Å²) in [7, 11) is 0. The third kappa shape index (κ3) is 5.27. The van der Waals surface area contributed by atoms with Crippen LogP contribution < -0.4 is 21.3 Å². The molecule has 3 N–H and O–H groups in total. The lowest BCUT2D eigenvalue weighted by molar-refractivity contribution is -0.121. The van der Waals surface area contributed by atoms with Crippen molar-refractivity contribution in [1.82, 2.24) is 9.88 Å². The maximum Gasteiger partial charge on any atom is 0.292 e. The number of aryl methyl sites for hydroxylation is 1. The molecule has 1 aromatic carbocycles. The Hall–Kier alpha value is -2.60. The summed E-state index contributed by atoms with van der Waals surface area (Å²) < 4.78 is 7.06. The predicted molar refractivity (Wildman–Crippen MR) is 88.2 cm³/mol. The number of nitrogens with zero attached hydrogens (tertiary/aromatic N) is 1. The predicted octanol–water partition coefficient (Wildman–Crippen LogP) is 0.892. The number of pyridine rings is 1. The number of hydrogen-bond acceptors (Lipinski definition) is 4. The first-order valence-corrected chi connectivity index (χ1v) is 7.53. The standard InChI is InChI=1S/C17H21N3O3/c18-9-10-19-16(21)8-12-20-11-4-7-15(17(20)22)23-13-14-5-2-1-3-6-14/h1-7,11H,8-10,12-13,18H2,(H,19,21). The number of aromatic nitrogens is 1. The molecule has 0 spiro atoms. The minimum atomic E-state index is -0.241. The molecule has 0 aliphatic carbocycles. The maximum absolute atomic E-state index is 12.3. The molecule has 1 amide bonds. The summed E-state index contributed by atoms with van der Waals surface area (Å²) in [6.07, 6.45) is 1.87. The van der Waals surface area contributed by atoms with Gasteiger partial charge in [0.15, 0.2) is 5.75 Å². The van der Waals surface area contributed by atoms with Gasteiger partial charge in [-0.3, -0.25) is 9.59 Å². The summed E-state index contributed by atoms with van der Waals surface area (Å²) in [4.78, 5) is 23.9. The van der Waals surface area contributed by atoms with Gasteiger partial charge < -0.3 is 20.4 Å². The molecule has 6 nitrogen and oxygen atoms in total. The Balaban J connectivity index is 1.95. The Bertz CT molecular complexity index is 683. The second kappa shape index (κ2) is 8.75. The van der Waals surface area contributed by atoms with Gasteiger partial charge in [0, 0.05) is 32.3 Å². The zero-order valence-electron chi connectivity index (χ0n) is 12.9. The zero-order valence-corrected chi connectivity index (χ0v) is 12.9. The van der Waals surface area contributed by atoms with Crippen molar-refractivity contribution in [2.75, 3.05) is 13.1 Å². The van der Waals surface area contributed by atoms with Crippen molar-refractivity contribution in [1.29, 1.82) is 0 Å². The number of amides is 1. The van der Waals surface area contributed by atoms with Gasteiger partial charge >= 0.3 is 0 Å². The first kappa shape index (κ1) is 16.8. The zero-order chi connectivity index (χ0) is 16.5. The number of hydrogen-bond donors (Lipinski definition) is 2. The normalized spacial score (nSPS) is 10.3. The fourth-order valence-corrected chi connectivity index (χ4v) is 2.06. The molecule has 1 aromatic heterocycles. The van der Waals surface area contributed by atoms with Gasteiger partial charge in [0.25, 0.3) is 5.56 Å². The van der Waals surface area contributed by atoms with E-state index >= 15 is 0 Å². The van der Waals surface area contributed by atoms with Gasteiger partial charge in [-0.2, -0.15) is 0 Å². The largest absolute Gasteiger partial charge is 0.483 e. The van der Waals surface area contributed by atoms with E-state index < -0.39 is 0 Å². The van der Waals surface area contributed by atoms with Crippen molar-refractivity contribution in [3.8, 4) is 5.75 Å². The SMILES string of the molecule is NCCNC(=O)CCn1cccc(OCc2ccccc2)c1=O. The number of ether oxygens (including phenoxy) is 1. The van der Waals surface area contributed by atoms with Gasteiger partial charge in [-0.05, 0) is 17.7 Å². The van der Waals surface area contributed by atoms with Gasteiger partial charge in [-0.1, -0.05) is 30.3 Å². The van der Waals surface area contributed by atoms with E-state index in [-0.39, 0.29) is 23.6 Å². The molecule has 0 atom stereocenters. The third-order valence-corrected chi connectivity index (χ3v) is 3.27. The monoisotopic (exact) mass is 315 g/mol. The van der Waals surface area contributed by atoms with Crippen LogP contribution in [0.3, 0.4) is 0 Å². The van der Waals surface area contributed by atoms with Crippen molar-refractivity contribution in [3.63, 3.8) is 0 Å². The quantitative estimate of drug-likeness (QED) is 0.757. The minimum Gasteiger partial charge on any atom is -0.483 e. The van der Waals surface area contributed by atoms with E-state index in [0.29, 0.717) is 26.2 Å². The fourth-order valence-electron chi connectivity index (χ4n) is 2.06. The van der Waals surface area contributed by atoms with E-state index in [0.717, 1.165) is 5.56 Å². The molecule has 1 heterocycles. The molecule has 0 unspecified atom stereocenters. The van der Waals surface area contributed by atoms with Crippen LogP contribution >= 0.6 is 0 Å². The Morgan fingerprint density at radius 3 is 2.70 bits per heavy atom. The van der Waals surface area contributed by atoms with Gasteiger partial charge in [0.2, 0.25) is 5.91 Å². The number of rotatable bonds is 8. The summed E-state index contributed by atoms with van der Waals surface area (Å²) in [5.41, 5.74) is 6.07. The molecule has 0 bridgehead atoms. The molecule has 0 radical (unpaired) electrons. The highest BCUT2D eigenvalue weighted by Gasteiger charge is 2.07. The van der Waals surface area contributed by atoms with Gasteiger partial charge in [0.05, 0.1) is 0 Å². The summed E-state index contributed by atoms with van der Waals surface area (Å²) in [6.45, 7) is 1.47. The van der Waals surface area contributed by atoms with Gasteiger partial charge in [-0.25, -0.2) is 0 Å². The highest BCUT2D eigenvalue weighted by molar-refractivity contribution is 5.75. The molecular formula is C17H21N3O3. The van der Waals surface area contributed by atoms with Crippen molar-refractivity contribution in [2.45, 2.75) is 19.6 Å². The smallest absolute Gasteiger partial charge is 0.292 e. The lowest BCUT2D eigenvalue weighted by atomic mass is 10.2. The number of nitrogens with one attached hydrogen (secondary N) is 1. The fraction of sp³-hybridized carbons (Fsp3) is 0.294. The molecule has 6 heteroatoms. The molecule has 23 heavy (non-hydrogen) atoms. The molecule has 0 saturated carbocycles. The van der Waals surface area contributed by atoms with Crippen LogP contribution in [0.25, 0.3) is 0 Å². The van der Waals surface area contributed by atoms with E-state index in [1.807, 2.05) is 30.3 Å². The Kier molecular flexibility index (Phi) is 6.38. The van der Waals surface area contributed by atoms with Crippen LogP contribution in [0.15, 0.2) is 53.5 Å². The lowest BCUT2D eigenvalue weighted by Crippen LogP contribution is -2.31. The van der Waals surface area contributed by atoms with E-state index in [1.54, 1.807) is 18.3 Å². The van der Waals surface area contributed by atoms with E-state index in [9.17, 15) is 9.59 Å². The number of nitrogens with two attached hydrogens (primary N) is 1. The summed E-state index contributed by atoms with van der Waals surface area (Å²) in [5, 5.41) is 2.67. The second-order valence-electron chi connectivity index (χ2n) is 5.03. The summed E-state index contributed by atoms with van der Waals surface area (Å²) in [6, 6.07) is 13.0.